The first-order valence-electron chi connectivity index (χ1n) is 6.27. The van der Waals surface area contributed by atoms with Crippen LogP contribution in [0.3, 0.4) is 0 Å². The maximum Gasteiger partial charge on any atom is 0.305 e. The average molecular weight is 321 g/mol. The minimum atomic E-state index is -3.49. The summed E-state index contributed by atoms with van der Waals surface area (Å²) in [6.45, 7) is 1.91. The van der Waals surface area contributed by atoms with Gasteiger partial charge in [-0.1, -0.05) is 0 Å². The molecular weight excluding hydrogens is 302 g/mol. The Balaban J connectivity index is 2.29. The molecule has 0 aliphatic carbocycles. The molecule has 0 aliphatic heterocycles. The molecule has 0 bridgehead atoms. The summed E-state index contributed by atoms with van der Waals surface area (Å²) in [5.41, 5.74) is 0.684. The highest BCUT2D eigenvalue weighted by Gasteiger charge is 2.15. The van der Waals surface area contributed by atoms with Crippen molar-refractivity contribution in [3.63, 3.8) is 0 Å². The molecule has 0 aromatic carbocycles. The van der Waals surface area contributed by atoms with Crippen LogP contribution in [0.1, 0.15) is 31.4 Å². The molecule has 0 unspecified atom stereocenters. The second-order valence-corrected chi connectivity index (χ2v) is 6.85. The van der Waals surface area contributed by atoms with Crippen molar-refractivity contribution in [2.24, 2.45) is 0 Å². The Morgan fingerprint density at radius 3 is 2.90 bits per heavy atom. The lowest BCUT2D eigenvalue weighted by Gasteiger charge is -2.11. The molecule has 2 N–H and O–H groups in total. The predicted octanol–water partition coefficient (Wildman–Crippen LogP) is 1.04. The third-order valence-corrected chi connectivity index (χ3v) is 4.66. The zero-order valence-corrected chi connectivity index (χ0v) is 12.9. The monoisotopic (exact) mass is 321 g/mol. The van der Waals surface area contributed by atoms with Crippen molar-refractivity contribution >= 4 is 27.3 Å². The van der Waals surface area contributed by atoms with Gasteiger partial charge in [0.15, 0.2) is 0 Å². The molecule has 0 aliphatic rings. The Morgan fingerprint density at radius 2 is 2.30 bits per heavy atom. The Bertz CT molecular complexity index is 498. The van der Waals surface area contributed by atoms with E-state index in [1.54, 1.807) is 18.4 Å². The number of hydrogen-bond donors (Lipinski definition) is 2. The third-order valence-electron chi connectivity index (χ3n) is 2.52. The van der Waals surface area contributed by atoms with E-state index in [0.717, 1.165) is 0 Å². The molecular formula is C12H19NO5S2. The van der Waals surface area contributed by atoms with Crippen LogP contribution in [0.25, 0.3) is 0 Å². The maximum atomic E-state index is 11.7. The van der Waals surface area contributed by atoms with Crippen LogP contribution in [0.15, 0.2) is 16.8 Å². The topological polar surface area (TPSA) is 92.7 Å². The van der Waals surface area contributed by atoms with Gasteiger partial charge in [0, 0.05) is 13.0 Å². The largest absolute Gasteiger partial charge is 0.466 e. The zero-order valence-electron chi connectivity index (χ0n) is 11.2. The first-order chi connectivity index (χ1) is 9.44. The molecule has 0 radical (unpaired) electrons. The molecule has 1 aromatic heterocycles. The van der Waals surface area contributed by atoms with Gasteiger partial charge in [-0.3, -0.25) is 4.79 Å². The summed E-state index contributed by atoms with van der Waals surface area (Å²) in [7, 11) is -3.49. The van der Waals surface area contributed by atoms with E-state index in [4.69, 9.17) is 4.74 Å². The van der Waals surface area contributed by atoms with E-state index in [0.29, 0.717) is 5.56 Å². The summed E-state index contributed by atoms with van der Waals surface area (Å²) in [6, 6.07) is 1.74. The van der Waals surface area contributed by atoms with Gasteiger partial charge < -0.3 is 9.84 Å². The normalized spacial score (nSPS) is 13.1. The van der Waals surface area contributed by atoms with Gasteiger partial charge >= 0.3 is 5.97 Å². The van der Waals surface area contributed by atoms with E-state index < -0.39 is 22.1 Å². The molecule has 1 aromatic rings. The van der Waals surface area contributed by atoms with Crippen LogP contribution in [0.4, 0.5) is 0 Å². The van der Waals surface area contributed by atoms with E-state index in [1.165, 1.54) is 11.3 Å². The molecule has 8 heteroatoms. The lowest BCUT2D eigenvalue weighted by molar-refractivity contribution is -0.143. The van der Waals surface area contributed by atoms with Crippen LogP contribution in [0, 0.1) is 0 Å². The lowest BCUT2D eigenvalue weighted by Crippen LogP contribution is -2.30. The Hall–Kier alpha value is -0.960. The second-order valence-electron chi connectivity index (χ2n) is 4.15. The summed E-state index contributed by atoms with van der Waals surface area (Å²) in [5, 5.41) is 13.3. The third kappa shape index (κ3) is 6.47. The van der Waals surface area contributed by atoms with Crippen molar-refractivity contribution < 1.29 is 23.1 Å². The number of aliphatic hydroxyl groups excluding tert-OH is 1. The molecule has 114 valence electrons. The molecule has 0 fully saturated rings. The SMILES string of the molecule is CCOC(=O)CCCS(=O)(=O)NC[C@@H](O)c1ccsc1. The number of thiophene rings is 1. The van der Waals surface area contributed by atoms with E-state index in [-0.39, 0.29) is 31.7 Å². The molecule has 1 heterocycles. The van der Waals surface area contributed by atoms with Gasteiger partial charge in [0.25, 0.3) is 0 Å². The first-order valence-corrected chi connectivity index (χ1v) is 8.87. The molecule has 1 atom stereocenters. The van der Waals surface area contributed by atoms with Gasteiger partial charge in [-0.05, 0) is 35.7 Å². The van der Waals surface area contributed by atoms with Crippen molar-refractivity contribution in [1.29, 1.82) is 0 Å². The fraction of sp³-hybridized carbons (Fsp3) is 0.583. The van der Waals surface area contributed by atoms with E-state index in [1.807, 2.05) is 5.38 Å². The van der Waals surface area contributed by atoms with Crippen molar-refractivity contribution in [2.75, 3.05) is 18.9 Å². The molecule has 1 rings (SSSR count). The standard InChI is InChI=1S/C12H19NO5S2/c1-2-18-12(15)4-3-7-20(16,17)13-8-11(14)10-5-6-19-9-10/h5-6,9,11,13-14H,2-4,7-8H2,1H3/t11-/m1/s1. The van der Waals surface area contributed by atoms with E-state index >= 15 is 0 Å². The number of aliphatic hydroxyl groups is 1. The van der Waals surface area contributed by atoms with Gasteiger partial charge in [0.05, 0.1) is 18.5 Å². The number of sulfonamides is 1. The maximum absolute atomic E-state index is 11.7. The van der Waals surface area contributed by atoms with Crippen LogP contribution < -0.4 is 4.72 Å². The summed E-state index contributed by atoms with van der Waals surface area (Å²) in [5.74, 6) is -0.566. The van der Waals surface area contributed by atoms with Crippen molar-refractivity contribution in [1.82, 2.24) is 4.72 Å². The van der Waals surface area contributed by atoms with Crippen LogP contribution in [-0.4, -0.2) is 38.4 Å². The van der Waals surface area contributed by atoms with Crippen molar-refractivity contribution in [3.8, 4) is 0 Å². The fourth-order valence-corrected chi connectivity index (χ4v) is 3.29. The molecule has 0 amide bonds. The highest BCUT2D eigenvalue weighted by Crippen LogP contribution is 2.15. The number of carbonyl (C=O) groups excluding carboxylic acids is 1. The molecule has 0 saturated carbocycles. The quantitative estimate of drug-likeness (QED) is 0.663. The molecule has 6 nitrogen and oxygen atoms in total. The van der Waals surface area contributed by atoms with Crippen LogP contribution in [0.2, 0.25) is 0 Å². The minimum Gasteiger partial charge on any atom is -0.466 e. The number of ether oxygens (including phenoxy) is 1. The van der Waals surface area contributed by atoms with Gasteiger partial charge in [-0.2, -0.15) is 11.3 Å². The highest BCUT2D eigenvalue weighted by molar-refractivity contribution is 7.89. The van der Waals surface area contributed by atoms with Crippen molar-refractivity contribution in [3.05, 3.63) is 22.4 Å². The number of carbonyl (C=O) groups is 1. The highest BCUT2D eigenvalue weighted by atomic mass is 32.2. The number of hydrogen-bond acceptors (Lipinski definition) is 6. The molecule has 0 spiro atoms. The summed E-state index contributed by atoms with van der Waals surface area (Å²) >= 11 is 1.43. The Kier molecular flexibility index (Phi) is 7.14. The second kappa shape index (κ2) is 8.35. The lowest BCUT2D eigenvalue weighted by atomic mass is 10.2. The number of nitrogens with one attached hydrogen (secondary N) is 1. The van der Waals surface area contributed by atoms with Gasteiger partial charge in [0.2, 0.25) is 10.0 Å². The number of rotatable bonds is 9. The Morgan fingerprint density at radius 1 is 1.55 bits per heavy atom. The molecule has 20 heavy (non-hydrogen) atoms. The van der Waals surface area contributed by atoms with Gasteiger partial charge in [-0.15, -0.1) is 0 Å². The first kappa shape index (κ1) is 17.1. The van der Waals surface area contributed by atoms with Crippen LogP contribution in [0.5, 0.6) is 0 Å². The number of esters is 1. The van der Waals surface area contributed by atoms with Crippen molar-refractivity contribution in [2.45, 2.75) is 25.9 Å². The van der Waals surface area contributed by atoms with Crippen LogP contribution >= 0.6 is 11.3 Å². The smallest absolute Gasteiger partial charge is 0.305 e. The Labute approximate surface area is 122 Å². The minimum absolute atomic E-state index is 0.0710. The summed E-state index contributed by atoms with van der Waals surface area (Å²) < 4.78 is 30.4. The van der Waals surface area contributed by atoms with E-state index in [2.05, 4.69) is 4.72 Å². The average Bonchev–Trinajstić information content (AvgIpc) is 2.90. The molecule has 0 saturated heterocycles. The van der Waals surface area contributed by atoms with Gasteiger partial charge in [-0.25, -0.2) is 13.1 Å². The predicted molar refractivity (Wildman–Crippen MR) is 76.9 cm³/mol. The summed E-state index contributed by atoms with van der Waals surface area (Å²) in [4.78, 5) is 11.1. The van der Waals surface area contributed by atoms with E-state index in [9.17, 15) is 18.3 Å². The van der Waals surface area contributed by atoms with Gasteiger partial charge in [0.1, 0.15) is 0 Å². The summed E-state index contributed by atoms with van der Waals surface area (Å²) in [6.07, 6.45) is -0.592. The zero-order chi connectivity index (χ0) is 15.0. The van der Waals surface area contributed by atoms with Crippen LogP contribution in [-0.2, 0) is 19.6 Å². The fourth-order valence-electron chi connectivity index (χ4n) is 1.50.